The van der Waals surface area contributed by atoms with Gasteiger partial charge in [0.1, 0.15) is 12.7 Å². The van der Waals surface area contributed by atoms with Crippen molar-refractivity contribution in [2.45, 2.75) is 25.8 Å². The smallest absolute Gasteiger partial charge is 0.258 e. The number of nitro groups is 1. The number of rotatable bonds is 7. The Morgan fingerprint density at radius 2 is 2.25 bits per heavy atom. The Morgan fingerprint density at radius 1 is 1.35 bits per heavy atom. The van der Waals surface area contributed by atoms with Crippen LogP contribution in [-0.2, 0) is 6.54 Å². The van der Waals surface area contributed by atoms with Crippen LogP contribution < -0.4 is 0 Å². The largest absolute Gasteiger partial charge is 0.270 e. The van der Waals surface area contributed by atoms with Gasteiger partial charge in [-0.1, -0.05) is 24.3 Å². The molecule has 0 unspecified atom stereocenters. The second kappa shape index (κ2) is 7.18. The van der Waals surface area contributed by atoms with Gasteiger partial charge < -0.3 is 0 Å². The predicted octanol–water partition coefficient (Wildman–Crippen LogP) is 3.07. The Bertz CT molecular complexity index is 579. The lowest BCUT2D eigenvalue weighted by molar-refractivity contribution is -0.384. The Hall–Kier alpha value is -2.50. The molecule has 1 heterocycles. The highest BCUT2D eigenvalue weighted by Gasteiger charge is 2.03. The Kier molecular flexibility index (Phi) is 5.00. The monoisotopic (exact) mass is 272 g/mol. The standard InChI is InChI=1S/C14H16N4O2/c19-18(20)14-8-5-7-13(10-14)6-3-1-2-4-9-17-12-15-11-16-17/h3,5-8,10-12H,1-2,4,9H2/b6-3+. The van der Waals surface area contributed by atoms with Crippen LogP contribution in [0.1, 0.15) is 24.8 Å². The minimum Gasteiger partial charge on any atom is -0.258 e. The van der Waals surface area contributed by atoms with Gasteiger partial charge in [0.15, 0.2) is 0 Å². The molecule has 0 aliphatic heterocycles. The summed E-state index contributed by atoms with van der Waals surface area (Å²) in [4.78, 5) is 14.2. The van der Waals surface area contributed by atoms with Crippen LogP contribution in [-0.4, -0.2) is 19.7 Å². The number of hydrogen-bond donors (Lipinski definition) is 0. The van der Waals surface area contributed by atoms with Gasteiger partial charge in [0, 0.05) is 18.7 Å². The fourth-order valence-corrected chi connectivity index (χ4v) is 1.85. The summed E-state index contributed by atoms with van der Waals surface area (Å²) in [5.41, 5.74) is 0.980. The van der Waals surface area contributed by atoms with Gasteiger partial charge in [-0.25, -0.2) is 4.98 Å². The summed E-state index contributed by atoms with van der Waals surface area (Å²) in [6.45, 7) is 0.866. The molecular weight excluding hydrogens is 256 g/mol. The van der Waals surface area contributed by atoms with E-state index in [0.29, 0.717) is 0 Å². The van der Waals surface area contributed by atoms with Crippen molar-refractivity contribution in [1.29, 1.82) is 0 Å². The van der Waals surface area contributed by atoms with E-state index < -0.39 is 0 Å². The lowest BCUT2D eigenvalue weighted by Gasteiger charge is -1.98. The number of benzene rings is 1. The molecule has 0 amide bonds. The van der Waals surface area contributed by atoms with Crippen molar-refractivity contribution >= 4 is 11.8 Å². The summed E-state index contributed by atoms with van der Waals surface area (Å²) >= 11 is 0. The molecule has 0 spiro atoms. The summed E-state index contributed by atoms with van der Waals surface area (Å²) < 4.78 is 1.81. The van der Waals surface area contributed by atoms with Gasteiger partial charge >= 0.3 is 0 Å². The van der Waals surface area contributed by atoms with E-state index in [4.69, 9.17) is 0 Å². The number of aryl methyl sites for hydroxylation is 1. The fourth-order valence-electron chi connectivity index (χ4n) is 1.85. The van der Waals surface area contributed by atoms with Gasteiger partial charge in [-0.05, 0) is 24.8 Å². The first-order valence-corrected chi connectivity index (χ1v) is 6.49. The molecule has 0 aliphatic rings. The van der Waals surface area contributed by atoms with Gasteiger partial charge in [-0.2, -0.15) is 5.10 Å². The number of aromatic nitrogens is 3. The van der Waals surface area contributed by atoms with E-state index in [1.54, 1.807) is 18.5 Å². The molecular formula is C14H16N4O2. The maximum Gasteiger partial charge on any atom is 0.270 e. The van der Waals surface area contributed by atoms with Crippen LogP contribution in [0.5, 0.6) is 0 Å². The molecule has 6 nitrogen and oxygen atoms in total. The van der Waals surface area contributed by atoms with E-state index in [0.717, 1.165) is 31.4 Å². The molecule has 0 saturated heterocycles. The molecule has 1 aromatic carbocycles. The first-order chi connectivity index (χ1) is 9.75. The number of hydrogen-bond acceptors (Lipinski definition) is 4. The van der Waals surface area contributed by atoms with Crippen LogP contribution in [0.3, 0.4) is 0 Å². The quantitative estimate of drug-likeness (QED) is 0.441. The van der Waals surface area contributed by atoms with E-state index in [1.165, 1.54) is 12.4 Å². The highest BCUT2D eigenvalue weighted by molar-refractivity contribution is 5.53. The summed E-state index contributed by atoms with van der Waals surface area (Å²) in [6, 6.07) is 6.63. The van der Waals surface area contributed by atoms with Crippen LogP contribution in [0.4, 0.5) is 5.69 Å². The van der Waals surface area contributed by atoms with Crippen LogP contribution in [0.15, 0.2) is 43.0 Å². The molecule has 1 aromatic heterocycles. The average molecular weight is 272 g/mol. The number of nitrogens with zero attached hydrogens (tertiary/aromatic N) is 4. The molecule has 0 radical (unpaired) electrons. The number of non-ortho nitro benzene ring substituents is 1. The topological polar surface area (TPSA) is 73.8 Å². The predicted molar refractivity (Wildman–Crippen MR) is 76.0 cm³/mol. The third kappa shape index (κ3) is 4.31. The Morgan fingerprint density at radius 3 is 3.00 bits per heavy atom. The third-order valence-electron chi connectivity index (χ3n) is 2.87. The molecule has 0 N–H and O–H groups in total. The summed E-state index contributed by atoms with van der Waals surface area (Å²) in [5.74, 6) is 0. The van der Waals surface area contributed by atoms with Crippen molar-refractivity contribution in [1.82, 2.24) is 14.8 Å². The van der Waals surface area contributed by atoms with E-state index in [2.05, 4.69) is 10.1 Å². The number of allylic oxidation sites excluding steroid dienone is 1. The zero-order chi connectivity index (χ0) is 14.2. The molecule has 0 saturated carbocycles. The lowest BCUT2D eigenvalue weighted by atomic mass is 10.1. The van der Waals surface area contributed by atoms with Gasteiger partial charge in [0.2, 0.25) is 0 Å². The molecule has 6 heteroatoms. The van der Waals surface area contributed by atoms with Gasteiger partial charge in [-0.15, -0.1) is 0 Å². The molecule has 2 rings (SSSR count). The minimum absolute atomic E-state index is 0.123. The molecule has 20 heavy (non-hydrogen) atoms. The van der Waals surface area contributed by atoms with Crippen molar-refractivity contribution in [3.05, 3.63) is 58.7 Å². The zero-order valence-electron chi connectivity index (χ0n) is 11.1. The zero-order valence-corrected chi connectivity index (χ0v) is 11.1. The van der Waals surface area contributed by atoms with Gasteiger partial charge in [0.25, 0.3) is 5.69 Å². The first-order valence-electron chi connectivity index (χ1n) is 6.49. The van der Waals surface area contributed by atoms with Crippen LogP contribution in [0.25, 0.3) is 6.08 Å². The van der Waals surface area contributed by atoms with Crippen molar-refractivity contribution < 1.29 is 4.92 Å². The molecule has 0 bridgehead atoms. The van der Waals surface area contributed by atoms with E-state index in [-0.39, 0.29) is 10.6 Å². The maximum atomic E-state index is 10.6. The van der Waals surface area contributed by atoms with Crippen LogP contribution in [0.2, 0.25) is 0 Å². The van der Waals surface area contributed by atoms with Crippen molar-refractivity contribution in [3.63, 3.8) is 0 Å². The number of unbranched alkanes of at least 4 members (excludes halogenated alkanes) is 2. The Labute approximate surface area is 116 Å². The Balaban J connectivity index is 1.73. The SMILES string of the molecule is O=[N+]([O-])c1cccc(/C=C/CCCCn2cncn2)c1. The normalized spacial score (nSPS) is 11.0. The van der Waals surface area contributed by atoms with Gasteiger partial charge in [0.05, 0.1) is 4.92 Å². The highest BCUT2D eigenvalue weighted by Crippen LogP contribution is 2.14. The molecule has 104 valence electrons. The van der Waals surface area contributed by atoms with E-state index in [1.807, 2.05) is 22.9 Å². The first kappa shape index (κ1) is 13.9. The maximum absolute atomic E-state index is 10.6. The average Bonchev–Trinajstić information content (AvgIpc) is 2.96. The molecule has 0 aliphatic carbocycles. The van der Waals surface area contributed by atoms with Crippen molar-refractivity contribution in [2.75, 3.05) is 0 Å². The van der Waals surface area contributed by atoms with Crippen molar-refractivity contribution in [3.8, 4) is 0 Å². The lowest BCUT2D eigenvalue weighted by Crippen LogP contribution is -1.97. The van der Waals surface area contributed by atoms with E-state index in [9.17, 15) is 10.1 Å². The highest BCUT2D eigenvalue weighted by atomic mass is 16.6. The van der Waals surface area contributed by atoms with Gasteiger partial charge in [-0.3, -0.25) is 14.8 Å². The fraction of sp³-hybridized carbons (Fsp3) is 0.286. The van der Waals surface area contributed by atoms with E-state index >= 15 is 0 Å². The third-order valence-corrected chi connectivity index (χ3v) is 2.87. The minimum atomic E-state index is -0.380. The summed E-state index contributed by atoms with van der Waals surface area (Å²) in [5, 5.41) is 14.7. The summed E-state index contributed by atoms with van der Waals surface area (Å²) in [6.07, 6.45) is 10.2. The number of nitro benzene ring substituents is 1. The second-order valence-electron chi connectivity index (χ2n) is 4.41. The molecule has 2 aromatic rings. The summed E-state index contributed by atoms with van der Waals surface area (Å²) in [7, 11) is 0. The van der Waals surface area contributed by atoms with Crippen LogP contribution >= 0.6 is 0 Å². The van der Waals surface area contributed by atoms with Crippen LogP contribution in [0, 0.1) is 10.1 Å². The second-order valence-corrected chi connectivity index (χ2v) is 4.41. The molecule has 0 atom stereocenters. The molecule has 0 fully saturated rings. The van der Waals surface area contributed by atoms with Crippen molar-refractivity contribution in [2.24, 2.45) is 0 Å².